The molecule has 0 aromatic rings. The summed E-state index contributed by atoms with van der Waals surface area (Å²) >= 11 is 0. The van der Waals surface area contributed by atoms with E-state index in [1.54, 1.807) is 0 Å². The molecule has 0 heterocycles. The Morgan fingerprint density at radius 2 is 0.654 bits per heavy atom. The largest absolute Gasteiger partial charge is 0.643 e. The molecule has 12 nitrogen and oxygen atoms in total. The van der Waals surface area contributed by atoms with E-state index in [1.165, 1.54) is 0 Å². The van der Waals surface area contributed by atoms with Gasteiger partial charge in [0.15, 0.2) is 49.9 Å². The third kappa shape index (κ3) is 30.7. The zero-order chi connectivity index (χ0) is 41.7. The minimum Gasteiger partial charge on any atom is -0.449 e. The maximum Gasteiger partial charge on any atom is 0.643 e. The van der Waals surface area contributed by atoms with Gasteiger partial charge in [-0.25, -0.2) is 0 Å². The quantitative estimate of drug-likeness (QED) is 0.0832. The molecule has 0 rings (SSSR count). The van der Waals surface area contributed by atoms with Crippen LogP contribution in [-0.4, -0.2) is 133 Å². The van der Waals surface area contributed by atoms with Crippen molar-refractivity contribution in [1.29, 1.82) is 0 Å². The molecule has 0 fully saturated rings. The van der Waals surface area contributed by atoms with Gasteiger partial charge in [-0.3, -0.25) is 0 Å². The van der Waals surface area contributed by atoms with Crippen LogP contribution in [0.3, 0.4) is 0 Å². The lowest BCUT2D eigenvalue weighted by Crippen LogP contribution is -2.74. The van der Waals surface area contributed by atoms with E-state index < -0.39 is 86.6 Å². The van der Waals surface area contributed by atoms with Crippen molar-refractivity contribution < 1.29 is 50.6 Å². The van der Waals surface area contributed by atoms with Gasteiger partial charge in [0.1, 0.15) is 33.4 Å². The Bertz CT molecular complexity index is 949. The summed E-state index contributed by atoms with van der Waals surface area (Å²) in [7, 11) is -24.7. The van der Waals surface area contributed by atoms with E-state index in [4.69, 9.17) is 50.6 Å². The van der Waals surface area contributed by atoms with Crippen molar-refractivity contribution in [3.8, 4) is 0 Å². The molecule has 24 heteroatoms. The van der Waals surface area contributed by atoms with Crippen molar-refractivity contribution in [2.45, 2.75) is 132 Å². The van der Waals surface area contributed by atoms with Crippen LogP contribution in [-0.2, 0) is 50.6 Å². The molecule has 0 radical (unpaired) electrons. The first-order chi connectivity index (χ1) is 22.9. The standard InChI is InChI=1S/C28H72O10Si9.H8O2Si3/c1-27(2)23-29-25-45(31-39(5,6)7,32-40(8,9)10)37-47(35-43(17,18)19,36-44(20,21)22)38-46(33-41(11,12)13,34-42(14,15)16)26-30-24-28(3)4;3-1-5-2-4/h1,3,23-26H2,2,4-22H3;5H2,3-4H3. The third-order valence-electron chi connectivity index (χ3n) is 4.76. The molecule has 0 aliphatic heterocycles. The lowest BCUT2D eigenvalue weighted by atomic mass is 10.4. The lowest BCUT2D eigenvalue weighted by Gasteiger charge is -2.49. The smallest absolute Gasteiger partial charge is 0.449 e. The normalized spacial score (nSPS) is 14.6. The van der Waals surface area contributed by atoms with Gasteiger partial charge in [-0.15, -0.1) is 0 Å². The molecular formula is C28H80O12Si12. The number of hydrogen-bond donors (Lipinski definition) is 0. The van der Waals surface area contributed by atoms with Crippen LogP contribution >= 0.6 is 0 Å². The van der Waals surface area contributed by atoms with E-state index in [2.05, 4.69) is 131 Å². The summed E-state index contributed by atoms with van der Waals surface area (Å²) in [6.45, 7) is 50.8. The second kappa shape index (κ2) is 22.7. The van der Waals surface area contributed by atoms with Crippen LogP contribution in [0, 0.1) is 0 Å². The molecule has 52 heavy (non-hydrogen) atoms. The number of ether oxygens (including phenoxy) is 2. The Hall–Kier alpha value is 1.60. The highest BCUT2D eigenvalue weighted by atomic mass is 28.6. The van der Waals surface area contributed by atoms with Crippen molar-refractivity contribution in [3.63, 3.8) is 0 Å². The maximum atomic E-state index is 7.41. The maximum absolute atomic E-state index is 7.41. The molecule has 0 spiro atoms. The van der Waals surface area contributed by atoms with Gasteiger partial charge in [0.05, 0.1) is 13.2 Å². The summed E-state index contributed by atoms with van der Waals surface area (Å²) in [5, 5.41) is 0. The highest BCUT2D eigenvalue weighted by Crippen LogP contribution is 2.35. The third-order valence-corrected chi connectivity index (χ3v) is 33.9. The fraction of sp³-hybridized carbons (Fsp3) is 0.857. The van der Waals surface area contributed by atoms with Gasteiger partial charge in [-0.2, -0.15) is 0 Å². The molecule has 0 bridgehead atoms. The summed E-state index contributed by atoms with van der Waals surface area (Å²) in [5.74, 6) is 0. The van der Waals surface area contributed by atoms with Crippen molar-refractivity contribution in [1.82, 2.24) is 0 Å². The van der Waals surface area contributed by atoms with E-state index in [0.29, 0.717) is 13.2 Å². The first-order valence-electron chi connectivity index (χ1n) is 17.9. The van der Waals surface area contributed by atoms with Crippen molar-refractivity contribution >= 4 is 108 Å². The predicted molar refractivity (Wildman–Crippen MR) is 248 cm³/mol. The molecular weight excluding hydrogens is 865 g/mol. The SMILES string of the molecule is C=C(C)COC[Si](O[Si](C)(C)C)(O[Si](C)(C)C)O[Si](O[Si](C)(C)C)(O[Si](C)(C)C)O[Si](COCC(=C)C)(O[Si](C)(C)C)O[Si](C)(C)C.[SiH3]O[SiH2]O[SiH3]. The Balaban J connectivity index is 0. The highest BCUT2D eigenvalue weighted by molar-refractivity contribution is 6.95. The van der Waals surface area contributed by atoms with Crippen LogP contribution < -0.4 is 0 Å². The van der Waals surface area contributed by atoms with Crippen molar-refractivity contribution in [3.05, 3.63) is 24.3 Å². The van der Waals surface area contributed by atoms with Gasteiger partial charge in [0.2, 0.25) is 0 Å². The lowest BCUT2D eigenvalue weighted by molar-refractivity contribution is 0.0499. The average Bonchev–Trinajstić information content (AvgIpc) is 2.77. The Morgan fingerprint density at radius 3 is 0.808 bits per heavy atom. The molecule has 0 aromatic heterocycles. The zero-order valence-corrected chi connectivity index (χ0v) is 51.8. The Kier molecular flexibility index (Phi) is 24.3. The first kappa shape index (κ1) is 55.7. The number of hydrogen-bond acceptors (Lipinski definition) is 12. The molecule has 0 amide bonds. The van der Waals surface area contributed by atoms with Crippen molar-refractivity contribution in [2.75, 3.05) is 25.7 Å². The van der Waals surface area contributed by atoms with Crippen LogP contribution in [0.1, 0.15) is 13.8 Å². The minimum absolute atomic E-state index is 0.0983. The van der Waals surface area contributed by atoms with E-state index in [9.17, 15) is 0 Å². The topological polar surface area (TPSA) is 111 Å². The van der Waals surface area contributed by atoms with Crippen LogP contribution in [0.2, 0.25) is 118 Å². The molecule has 0 aromatic carbocycles. The van der Waals surface area contributed by atoms with Crippen LogP contribution in [0.25, 0.3) is 0 Å². The molecule has 0 saturated heterocycles. The Morgan fingerprint density at radius 1 is 0.423 bits per heavy atom. The molecule has 0 saturated carbocycles. The van der Waals surface area contributed by atoms with Gasteiger partial charge < -0.3 is 50.6 Å². The fourth-order valence-electron chi connectivity index (χ4n) is 4.24. The van der Waals surface area contributed by atoms with Gasteiger partial charge in [-0.1, -0.05) is 24.3 Å². The molecule has 312 valence electrons. The minimum atomic E-state index is -4.26. The van der Waals surface area contributed by atoms with Crippen LogP contribution in [0.4, 0.5) is 0 Å². The second-order valence-corrected chi connectivity index (χ2v) is 60.0. The van der Waals surface area contributed by atoms with Gasteiger partial charge in [0.25, 0.3) is 10.0 Å². The van der Waals surface area contributed by atoms with E-state index in [0.717, 1.165) is 32.1 Å². The molecule has 0 aliphatic rings. The predicted octanol–water partition coefficient (Wildman–Crippen LogP) is 5.29. The van der Waals surface area contributed by atoms with Crippen LogP contribution in [0.15, 0.2) is 24.3 Å². The first-order valence-corrected chi connectivity index (χ1v) is 46.7. The second-order valence-electron chi connectivity index (χ2n) is 19.0. The summed E-state index contributed by atoms with van der Waals surface area (Å²) < 4.78 is 79.4. The van der Waals surface area contributed by atoms with Crippen LogP contribution in [0.5, 0.6) is 0 Å². The summed E-state index contributed by atoms with van der Waals surface area (Å²) in [6.07, 6.45) is 0.197. The van der Waals surface area contributed by atoms with Crippen molar-refractivity contribution in [2.24, 2.45) is 0 Å². The average molecular weight is 946 g/mol. The Labute approximate surface area is 337 Å². The van der Waals surface area contributed by atoms with Gasteiger partial charge in [-0.05, 0) is 132 Å². The molecule has 0 unspecified atom stereocenters. The van der Waals surface area contributed by atoms with E-state index in [-0.39, 0.29) is 12.5 Å². The molecule has 0 atom stereocenters. The van der Waals surface area contributed by atoms with E-state index in [1.807, 2.05) is 13.8 Å². The summed E-state index contributed by atoms with van der Waals surface area (Å²) in [4.78, 5) is 0. The van der Waals surface area contributed by atoms with Gasteiger partial charge in [0, 0.05) is 0 Å². The van der Waals surface area contributed by atoms with Gasteiger partial charge >= 0.3 is 26.7 Å². The zero-order valence-electron chi connectivity index (χ0n) is 37.3. The molecule has 0 aliphatic carbocycles. The molecule has 0 N–H and O–H groups in total. The monoisotopic (exact) mass is 944 g/mol. The highest BCUT2D eigenvalue weighted by Gasteiger charge is 2.67. The fourth-order valence-corrected chi connectivity index (χ4v) is 39.9. The summed E-state index contributed by atoms with van der Waals surface area (Å²) in [5.41, 5.74) is 1.78. The summed E-state index contributed by atoms with van der Waals surface area (Å²) in [6, 6.07) is 0. The van der Waals surface area contributed by atoms with E-state index >= 15 is 0 Å². The number of rotatable bonds is 26.